The van der Waals surface area contributed by atoms with Crippen LogP contribution in [0.25, 0.3) is 0 Å². The number of ketones is 1. The van der Waals surface area contributed by atoms with Gasteiger partial charge in [0.05, 0.1) is 0 Å². The predicted molar refractivity (Wildman–Crippen MR) is 67.0 cm³/mol. The van der Waals surface area contributed by atoms with Crippen LogP contribution >= 0.6 is 15.9 Å². The average Bonchev–Trinajstić information content (AvgIpc) is 2.24. The number of rotatable bonds is 6. The molecule has 0 heterocycles. The van der Waals surface area contributed by atoms with Gasteiger partial charge in [-0.25, -0.2) is 4.39 Å². The minimum atomic E-state index is -0.299. The van der Waals surface area contributed by atoms with E-state index < -0.39 is 0 Å². The van der Waals surface area contributed by atoms with Gasteiger partial charge in [0.2, 0.25) is 0 Å². The summed E-state index contributed by atoms with van der Waals surface area (Å²) in [6.45, 7) is 2.10. The Balaban J connectivity index is 2.52. The summed E-state index contributed by atoms with van der Waals surface area (Å²) in [5.41, 5.74) is 0.482. The Labute approximate surface area is 104 Å². The van der Waals surface area contributed by atoms with Crippen LogP contribution in [0.5, 0.6) is 0 Å². The van der Waals surface area contributed by atoms with Gasteiger partial charge >= 0.3 is 0 Å². The Hall–Kier alpha value is -0.700. The number of benzene rings is 1. The number of carbonyl (C=O) groups is 1. The first-order valence-corrected chi connectivity index (χ1v) is 6.38. The summed E-state index contributed by atoms with van der Waals surface area (Å²) < 4.78 is 14.2. The molecule has 0 radical (unpaired) electrons. The van der Waals surface area contributed by atoms with Crippen LogP contribution in [-0.2, 0) is 11.2 Å². The smallest absolute Gasteiger partial charge is 0.137 e. The van der Waals surface area contributed by atoms with Crippen LogP contribution in [0.3, 0.4) is 0 Å². The van der Waals surface area contributed by atoms with Crippen molar-refractivity contribution in [3.8, 4) is 0 Å². The van der Waals surface area contributed by atoms with Gasteiger partial charge in [-0.2, -0.15) is 0 Å². The Morgan fingerprint density at radius 1 is 1.38 bits per heavy atom. The highest BCUT2D eigenvalue weighted by Gasteiger charge is 2.08. The summed E-state index contributed by atoms with van der Waals surface area (Å²) in [7, 11) is 0. The molecule has 88 valence electrons. The van der Waals surface area contributed by atoms with Crippen molar-refractivity contribution in [2.75, 3.05) is 0 Å². The van der Waals surface area contributed by atoms with Gasteiger partial charge in [-0.15, -0.1) is 0 Å². The van der Waals surface area contributed by atoms with Crippen LogP contribution in [0.4, 0.5) is 4.39 Å². The zero-order chi connectivity index (χ0) is 12.0. The maximum Gasteiger partial charge on any atom is 0.137 e. The highest BCUT2D eigenvalue weighted by atomic mass is 79.9. The molecule has 0 N–H and O–H groups in total. The number of Topliss-reactive ketones (excluding diaryl/α,β-unsaturated/α-hetero) is 1. The second-order valence-electron chi connectivity index (χ2n) is 3.91. The quantitative estimate of drug-likeness (QED) is 0.714. The molecule has 0 bridgehead atoms. The van der Waals surface area contributed by atoms with Gasteiger partial charge in [0.25, 0.3) is 0 Å². The summed E-state index contributed by atoms with van der Waals surface area (Å²) in [5, 5.41) is 0. The minimum absolute atomic E-state index is 0.116. The molecule has 0 aromatic heterocycles. The van der Waals surface area contributed by atoms with Crippen molar-refractivity contribution in [1.29, 1.82) is 0 Å². The molecule has 1 nitrogen and oxygen atoms in total. The van der Waals surface area contributed by atoms with Crippen LogP contribution in [0, 0.1) is 5.82 Å². The number of carbonyl (C=O) groups excluding carboxylic acids is 1. The standard InChI is InChI=1S/C13H16BrFO/c1-2-3-4-5-12(16)9-10-8-11(14)6-7-13(10)15/h6-8H,2-5,9H2,1H3. The summed E-state index contributed by atoms with van der Waals surface area (Å²) in [6, 6.07) is 4.70. The van der Waals surface area contributed by atoms with Crippen molar-refractivity contribution in [2.45, 2.75) is 39.0 Å². The third-order valence-corrected chi connectivity index (χ3v) is 2.95. The third-order valence-electron chi connectivity index (χ3n) is 2.45. The lowest BCUT2D eigenvalue weighted by Gasteiger charge is -2.03. The summed E-state index contributed by atoms with van der Waals surface area (Å²) in [6.07, 6.45) is 3.82. The molecule has 1 aromatic rings. The van der Waals surface area contributed by atoms with E-state index in [0.717, 1.165) is 23.7 Å². The highest BCUT2D eigenvalue weighted by molar-refractivity contribution is 9.10. The highest BCUT2D eigenvalue weighted by Crippen LogP contribution is 2.17. The lowest BCUT2D eigenvalue weighted by atomic mass is 10.0. The maximum absolute atomic E-state index is 13.3. The Bertz CT molecular complexity index is 363. The summed E-state index contributed by atoms with van der Waals surface area (Å²) in [5.74, 6) is -0.183. The number of unbranched alkanes of at least 4 members (excludes halogenated alkanes) is 2. The number of hydrogen-bond acceptors (Lipinski definition) is 1. The first-order chi connectivity index (χ1) is 7.63. The van der Waals surface area contributed by atoms with E-state index in [2.05, 4.69) is 22.9 Å². The van der Waals surface area contributed by atoms with Gasteiger partial charge in [-0.3, -0.25) is 4.79 Å². The van der Waals surface area contributed by atoms with Crippen molar-refractivity contribution in [3.05, 3.63) is 34.1 Å². The van der Waals surface area contributed by atoms with Gasteiger partial charge in [0.15, 0.2) is 0 Å². The van der Waals surface area contributed by atoms with Gasteiger partial charge in [0, 0.05) is 17.3 Å². The Morgan fingerprint density at radius 3 is 2.81 bits per heavy atom. The minimum Gasteiger partial charge on any atom is -0.299 e. The SMILES string of the molecule is CCCCCC(=O)Cc1cc(Br)ccc1F. The molecular weight excluding hydrogens is 271 g/mol. The Kier molecular flexibility index (Phi) is 5.67. The van der Waals surface area contributed by atoms with E-state index in [1.54, 1.807) is 12.1 Å². The molecule has 0 amide bonds. The van der Waals surface area contributed by atoms with E-state index >= 15 is 0 Å². The van der Waals surface area contributed by atoms with E-state index in [4.69, 9.17) is 0 Å². The molecule has 1 aromatic carbocycles. The van der Waals surface area contributed by atoms with Gasteiger partial charge < -0.3 is 0 Å². The van der Waals surface area contributed by atoms with Crippen LogP contribution in [0.15, 0.2) is 22.7 Å². The van der Waals surface area contributed by atoms with Crippen molar-refractivity contribution in [1.82, 2.24) is 0 Å². The van der Waals surface area contributed by atoms with Gasteiger partial charge in [-0.05, 0) is 30.2 Å². The zero-order valence-electron chi connectivity index (χ0n) is 9.43. The van der Waals surface area contributed by atoms with Crippen LogP contribution in [-0.4, -0.2) is 5.78 Å². The van der Waals surface area contributed by atoms with E-state index in [0.29, 0.717) is 12.0 Å². The second kappa shape index (κ2) is 6.79. The van der Waals surface area contributed by atoms with Crippen molar-refractivity contribution in [2.24, 2.45) is 0 Å². The molecule has 16 heavy (non-hydrogen) atoms. The van der Waals surface area contributed by atoms with Gasteiger partial charge in [-0.1, -0.05) is 35.7 Å². The molecule has 3 heteroatoms. The lowest BCUT2D eigenvalue weighted by Crippen LogP contribution is -2.04. The van der Waals surface area contributed by atoms with Crippen LogP contribution in [0.2, 0.25) is 0 Å². The molecule has 0 fully saturated rings. The monoisotopic (exact) mass is 286 g/mol. The first kappa shape index (κ1) is 13.4. The Morgan fingerprint density at radius 2 is 2.12 bits per heavy atom. The third kappa shape index (κ3) is 4.44. The van der Waals surface area contributed by atoms with E-state index in [1.165, 1.54) is 6.07 Å². The molecule has 0 atom stereocenters. The molecule has 0 saturated carbocycles. The topological polar surface area (TPSA) is 17.1 Å². The molecule has 0 aliphatic heterocycles. The fraction of sp³-hybridized carbons (Fsp3) is 0.462. The van der Waals surface area contributed by atoms with E-state index in [-0.39, 0.29) is 18.0 Å². The molecule has 1 rings (SSSR count). The van der Waals surface area contributed by atoms with Gasteiger partial charge in [0.1, 0.15) is 11.6 Å². The van der Waals surface area contributed by atoms with Crippen molar-refractivity contribution < 1.29 is 9.18 Å². The van der Waals surface area contributed by atoms with Crippen molar-refractivity contribution >= 4 is 21.7 Å². The van der Waals surface area contributed by atoms with E-state index in [1.807, 2.05) is 0 Å². The molecule has 0 aliphatic carbocycles. The fourth-order valence-electron chi connectivity index (χ4n) is 1.55. The molecule has 0 aliphatic rings. The zero-order valence-corrected chi connectivity index (χ0v) is 11.0. The lowest BCUT2D eigenvalue weighted by molar-refractivity contribution is -0.118. The molecule has 0 spiro atoms. The summed E-state index contributed by atoms with van der Waals surface area (Å²) in [4.78, 5) is 11.6. The number of halogens is 2. The van der Waals surface area contributed by atoms with Crippen molar-refractivity contribution in [3.63, 3.8) is 0 Å². The number of hydrogen-bond donors (Lipinski definition) is 0. The molecule has 0 saturated heterocycles. The van der Waals surface area contributed by atoms with Crippen LogP contribution in [0.1, 0.15) is 38.2 Å². The molecule has 0 unspecified atom stereocenters. The predicted octanol–water partition coefficient (Wildman–Crippen LogP) is 4.28. The van der Waals surface area contributed by atoms with Crippen LogP contribution < -0.4 is 0 Å². The van der Waals surface area contributed by atoms with E-state index in [9.17, 15) is 9.18 Å². The maximum atomic E-state index is 13.3. The average molecular weight is 287 g/mol. The molecular formula is C13H16BrFO. The second-order valence-corrected chi connectivity index (χ2v) is 4.82. The summed E-state index contributed by atoms with van der Waals surface area (Å²) >= 11 is 3.27. The largest absolute Gasteiger partial charge is 0.299 e. The first-order valence-electron chi connectivity index (χ1n) is 5.59. The fourth-order valence-corrected chi connectivity index (χ4v) is 1.96. The normalized spacial score (nSPS) is 10.4.